The van der Waals surface area contributed by atoms with E-state index in [1.54, 1.807) is 84.0 Å². The fourth-order valence-electron chi connectivity index (χ4n) is 16.2. The molecule has 18 amide bonds. The van der Waals surface area contributed by atoms with Gasteiger partial charge in [0.1, 0.15) is 108 Å². The van der Waals surface area contributed by atoms with Crippen LogP contribution in [0.3, 0.4) is 0 Å². The number of amides is 18. The lowest BCUT2D eigenvalue weighted by molar-refractivity contribution is -0.139. The second kappa shape index (κ2) is 73.2. The summed E-state index contributed by atoms with van der Waals surface area (Å²) in [4.78, 5) is 258. The van der Waals surface area contributed by atoms with Crippen LogP contribution >= 0.6 is 0 Å². The van der Waals surface area contributed by atoms with Crippen LogP contribution in [0.4, 0.5) is 0 Å². The van der Waals surface area contributed by atoms with E-state index in [0.29, 0.717) is 116 Å². The second-order valence-corrected chi connectivity index (χ2v) is 40.8. The maximum Gasteiger partial charge on any atom is 0.246 e. The van der Waals surface area contributed by atoms with Gasteiger partial charge in [-0.3, -0.25) is 86.3 Å². The van der Waals surface area contributed by atoms with Crippen molar-refractivity contribution in [2.75, 3.05) is 85.5 Å². The first-order valence-corrected chi connectivity index (χ1v) is 52.8. The van der Waals surface area contributed by atoms with Crippen LogP contribution < -0.4 is 131 Å². The number of carbonyl (C=O) groups is 18. The molecule has 32 N–H and O–H groups in total. The largest absolute Gasteiger partial charge is 0.394 e. The number of aliphatic hydroxyl groups is 1. The van der Waals surface area contributed by atoms with E-state index in [9.17, 15) is 86.6 Å². The van der Waals surface area contributed by atoms with Gasteiger partial charge >= 0.3 is 0 Å². The van der Waals surface area contributed by atoms with Gasteiger partial charge < -0.3 is 150 Å². The first-order valence-electron chi connectivity index (χ1n) is 52.8. The number of hydrogen-bond acceptors (Lipinski definition) is 28. The minimum absolute atomic E-state index is 0.0168. The van der Waals surface area contributed by atoms with Gasteiger partial charge in [0.15, 0.2) is 0 Å². The smallest absolute Gasteiger partial charge is 0.246 e. The Morgan fingerprint density at radius 1 is 0.405 bits per heavy atom. The first-order chi connectivity index (χ1) is 70.1. The minimum atomic E-state index is -1.93. The molecular weight excluding hydrogens is 1910 g/mol. The summed E-state index contributed by atoms with van der Waals surface area (Å²) in [6, 6.07) is -11.5. The van der Waals surface area contributed by atoms with Gasteiger partial charge in [-0.2, -0.15) is 0 Å². The molecule has 1 aliphatic heterocycles. The topological polar surface area (TPSA) is 742 Å². The zero-order valence-electron chi connectivity index (χ0n) is 90.2. The van der Waals surface area contributed by atoms with Gasteiger partial charge in [-0.1, -0.05) is 112 Å². The first kappa shape index (κ1) is 133. The summed E-state index contributed by atoms with van der Waals surface area (Å²) >= 11 is 0. The molecule has 1 aromatic carbocycles. The van der Waals surface area contributed by atoms with E-state index in [4.69, 9.17) is 54.3 Å². The highest BCUT2D eigenvalue weighted by molar-refractivity contribution is 6.02. The van der Waals surface area contributed by atoms with E-state index in [1.807, 2.05) is 27.7 Å². The van der Waals surface area contributed by atoms with Crippen molar-refractivity contribution in [2.45, 2.75) is 373 Å². The summed E-state index contributed by atoms with van der Waals surface area (Å²) in [6.07, 6.45) is 9.22. The number of nitrogens with one attached hydrogen (secondary N) is 17. The van der Waals surface area contributed by atoms with Crippen LogP contribution in [-0.4, -0.2) is 299 Å². The SMILES string of the molecule is CC(C)C[C@@H]1NC(=O)[C@H](C)NC(=O)[C@@](C)(NC(=O)[C@H](CO)NC(=O)[C@@H](NC(=O)[C@H](CC(C)C)NC(=O)[C@H](Cc2ccccc2)NC(=O)[C@H](CCCCN)NC(=O)[C@H](C)NC(=O)[C@H](CC(C)C)NC(=O)[C@H](CCCCN)NC(=O)[C@H](CCCCN)NC(=O)COCCOCCOCCN)C(C)C)CCC/C=C/CCC[C@@](C)(C(=O)N[C@@H](C)C(=O)N[C@@H](CC(C)C)C(=O)N[C@@H](CCCCN)C(N)=O)NC(=O)C(CCCCN)NC1=O. The summed E-state index contributed by atoms with van der Waals surface area (Å²) in [5.74, 6) is -16.3. The molecule has 0 radical (unpaired) electrons. The number of ether oxygens (including phenoxy) is 3. The van der Waals surface area contributed by atoms with Gasteiger partial charge in [0.2, 0.25) is 106 Å². The van der Waals surface area contributed by atoms with Gasteiger partial charge in [0.05, 0.1) is 39.6 Å². The number of allylic oxidation sites excluding steroid dienone is 2. The van der Waals surface area contributed by atoms with Crippen molar-refractivity contribution in [1.29, 1.82) is 0 Å². The van der Waals surface area contributed by atoms with Gasteiger partial charge in [0.25, 0.3) is 0 Å². The average molecular weight is 2100 g/mol. The van der Waals surface area contributed by atoms with Crippen molar-refractivity contribution in [1.82, 2.24) is 90.4 Å². The number of rotatable bonds is 68. The number of hydrogen-bond donors (Lipinski definition) is 25. The number of primary amides is 1. The fraction of sp³-hybridized carbons (Fsp3) is 0.745. The summed E-state index contributed by atoms with van der Waals surface area (Å²) in [7, 11) is 0. The Labute approximate surface area is 874 Å². The lowest BCUT2D eigenvalue weighted by atomic mass is 9.91. The molecule has 0 aromatic heterocycles. The third-order valence-corrected chi connectivity index (χ3v) is 24.8. The Bertz CT molecular complexity index is 4290. The van der Waals surface area contributed by atoms with E-state index in [0.717, 1.165) is 0 Å². The highest BCUT2D eigenvalue weighted by Crippen LogP contribution is 2.23. The zero-order chi connectivity index (χ0) is 111. The molecule has 0 saturated carbocycles. The van der Waals surface area contributed by atoms with Crippen LogP contribution in [0.25, 0.3) is 0 Å². The molecule has 0 aliphatic carbocycles. The van der Waals surface area contributed by atoms with E-state index in [2.05, 4.69) is 90.4 Å². The van der Waals surface area contributed by atoms with Crippen molar-refractivity contribution in [2.24, 2.45) is 69.7 Å². The van der Waals surface area contributed by atoms with Crippen molar-refractivity contribution < 1.29 is 106 Å². The van der Waals surface area contributed by atoms with Crippen molar-refractivity contribution in [3.05, 3.63) is 48.0 Å². The molecule has 1 aromatic rings. The summed E-state index contributed by atoms with van der Waals surface area (Å²) < 4.78 is 16.2. The standard InChI is InChI=1S/C102H182N24O22/c1-62(2)55-76(120-90(135)74(40-26-33-47-106)116-88(133)72(38-24-31-45-104)113-82(128)61-148-54-53-147-52-51-146-50-49-108)91(136)110-67(11)85(130)115-73(39-25-32-46-105)89(134)122-80(59-70-35-21-20-22-36-70)94(139)121-79(58-65(7)8)95(140)124-83(66(9)10)98(143)123-81(60-127)97(142)126-102(15)43-29-19-17-16-18-28-42-101(14,99(144)111-68(12)86(131)118-77(56-63(3)4)92(137)114-71(84(109)129)37-23-30-44-103)125-96(141)75(41-27-34-48-107)117-93(138)78(57-64(5)6)119-87(132)69(13)112-100(102)145/h16-17,20-22,35-36,62-69,71-81,83,127H,18-19,23-34,37-61,103-108H2,1-15H3,(H2,109,129)(H,110,136)(H,111,144)(H,112,145)(H,113,128)(H,114,137)(H,115,130)(H,116,133)(H,117,138)(H,118,131)(H,119,132)(H,120,135)(H,121,139)(H,122,134)(H,123,143)(H,124,140)(H,125,141)(H,126,142)/b17-16+/t67-,68-,69-,71-,72-,73-,74-,75?,76-,77-,78-,79-,80-,81-,83-,101-,102-/m0/s1. The maximum atomic E-state index is 15.0. The fourth-order valence-corrected chi connectivity index (χ4v) is 16.2. The number of benzene rings is 1. The predicted molar refractivity (Wildman–Crippen MR) is 561 cm³/mol. The molecule has 148 heavy (non-hydrogen) atoms. The summed E-state index contributed by atoms with van der Waals surface area (Å²) in [6.45, 7) is 26.0. The molecule has 46 heteroatoms. The summed E-state index contributed by atoms with van der Waals surface area (Å²) in [5, 5.41) is 57.2. The Morgan fingerprint density at radius 2 is 0.811 bits per heavy atom. The third-order valence-electron chi connectivity index (χ3n) is 24.8. The lowest BCUT2D eigenvalue weighted by Gasteiger charge is -2.33. The molecule has 0 spiro atoms. The minimum Gasteiger partial charge on any atom is -0.394 e. The van der Waals surface area contributed by atoms with Gasteiger partial charge in [-0.15, -0.1) is 0 Å². The molecule has 0 bridgehead atoms. The van der Waals surface area contributed by atoms with Crippen LogP contribution in [0.5, 0.6) is 0 Å². The molecule has 2 rings (SSSR count). The molecule has 842 valence electrons. The quantitative estimate of drug-likeness (QED) is 0.0252. The van der Waals surface area contributed by atoms with Crippen LogP contribution in [0.1, 0.15) is 270 Å². The van der Waals surface area contributed by atoms with E-state index in [-0.39, 0.29) is 153 Å². The lowest BCUT2D eigenvalue weighted by Crippen LogP contribution is -2.65. The highest BCUT2D eigenvalue weighted by Gasteiger charge is 2.44. The monoisotopic (exact) mass is 2100 g/mol. The molecule has 1 unspecified atom stereocenters. The number of carbonyl (C=O) groups excluding carboxylic acids is 18. The molecule has 0 saturated heterocycles. The van der Waals surface area contributed by atoms with Crippen LogP contribution in [0, 0.1) is 29.6 Å². The highest BCUT2D eigenvalue weighted by atomic mass is 16.5. The average Bonchev–Trinajstić information content (AvgIpc) is 0.924. The zero-order valence-corrected chi connectivity index (χ0v) is 90.2. The second-order valence-electron chi connectivity index (χ2n) is 40.8. The van der Waals surface area contributed by atoms with Crippen LogP contribution in [0.15, 0.2) is 42.5 Å². The Hall–Kier alpha value is -11.0. The molecule has 0 fully saturated rings. The van der Waals surface area contributed by atoms with E-state index >= 15 is 4.79 Å². The molecular formula is C102H182N24O22. The third kappa shape index (κ3) is 52.9. The Morgan fingerprint density at radius 3 is 1.29 bits per heavy atom. The number of aliphatic hydroxyl groups excluding tert-OH is 1. The molecule has 46 nitrogen and oxygen atoms in total. The molecule has 1 aliphatic rings. The van der Waals surface area contributed by atoms with Gasteiger partial charge in [-0.05, 0) is 263 Å². The number of nitrogens with two attached hydrogens (primary N) is 7. The normalized spacial score (nSPS) is 19.3. The summed E-state index contributed by atoms with van der Waals surface area (Å²) in [5.41, 5.74) is 37.0. The van der Waals surface area contributed by atoms with Crippen molar-refractivity contribution >= 4 is 106 Å². The maximum absolute atomic E-state index is 15.0. The number of unbranched alkanes of at least 4 members (excludes halogenated alkanes) is 5. The molecule has 17 atom stereocenters. The van der Waals surface area contributed by atoms with Crippen LogP contribution in [-0.2, 0) is 107 Å². The Balaban J connectivity index is 2.58. The van der Waals surface area contributed by atoms with Crippen LogP contribution in [0.2, 0.25) is 0 Å². The van der Waals surface area contributed by atoms with Crippen molar-refractivity contribution in [3.63, 3.8) is 0 Å². The van der Waals surface area contributed by atoms with E-state index < -0.39 is 227 Å². The Kier molecular flexibility index (Phi) is 65.8. The predicted octanol–water partition coefficient (Wildman–Crippen LogP) is -1.81. The van der Waals surface area contributed by atoms with Gasteiger partial charge in [0, 0.05) is 13.0 Å². The van der Waals surface area contributed by atoms with Gasteiger partial charge in [-0.25, -0.2) is 0 Å². The molecule has 1 heterocycles. The van der Waals surface area contributed by atoms with Crippen molar-refractivity contribution in [3.8, 4) is 0 Å². The van der Waals surface area contributed by atoms with E-state index in [1.165, 1.54) is 34.6 Å².